The zero-order chi connectivity index (χ0) is 11.7. The van der Waals surface area contributed by atoms with Crippen molar-refractivity contribution in [3.8, 4) is 0 Å². The molecular weight excluding hydrogens is 232 g/mol. The lowest BCUT2D eigenvalue weighted by Gasteiger charge is -1.95. The minimum atomic E-state index is 0.479. The molecule has 0 spiro atoms. The summed E-state index contributed by atoms with van der Waals surface area (Å²) < 4.78 is 3.24. The molecule has 0 saturated heterocycles. The molecular formula is C12H12N4S. The van der Waals surface area contributed by atoms with Crippen molar-refractivity contribution in [2.75, 3.05) is 0 Å². The maximum absolute atomic E-state index is 5.53. The molecule has 0 aliphatic carbocycles. The first kappa shape index (κ1) is 10.4. The topological polar surface area (TPSA) is 56.7 Å². The minimum absolute atomic E-state index is 0.479. The molecule has 1 aromatic carbocycles. The fraction of sp³-hybridized carbons (Fsp3) is 0.167. The maximum Gasteiger partial charge on any atom is 0.114 e. The fourth-order valence-electron chi connectivity index (χ4n) is 1.74. The van der Waals surface area contributed by atoms with E-state index in [0.717, 1.165) is 22.8 Å². The molecule has 0 aliphatic rings. The van der Waals surface area contributed by atoms with Crippen LogP contribution in [-0.4, -0.2) is 14.5 Å². The molecule has 0 amide bonds. The number of rotatable bonds is 3. The van der Waals surface area contributed by atoms with Crippen LogP contribution >= 0.6 is 11.3 Å². The number of aromatic nitrogens is 3. The first-order valence-electron chi connectivity index (χ1n) is 5.40. The van der Waals surface area contributed by atoms with Gasteiger partial charge in [0.2, 0.25) is 0 Å². The Hall–Kier alpha value is -1.72. The van der Waals surface area contributed by atoms with Crippen molar-refractivity contribution in [3.63, 3.8) is 0 Å². The van der Waals surface area contributed by atoms with Crippen LogP contribution in [0.15, 0.2) is 36.8 Å². The van der Waals surface area contributed by atoms with Crippen LogP contribution in [0.4, 0.5) is 0 Å². The average molecular weight is 244 g/mol. The van der Waals surface area contributed by atoms with Gasteiger partial charge in [-0.25, -0.2) is 9.97 Å². The molecule has 0 aliphatic heterocycles. The van der Waals surface area contributed by atoms with E-state index in [0.29, 0.717) is 6.54 Å². The van der Waals surface area contributed by atoms with Crippen molar-refractivity contribution in [2.45, 2.75) is 13.1 Å². The largest absolute Gasteiger partial charge is 0.330 e. The van der Waals surface area contributed by atoms with Crippen molar-refractivity contribution >= 4 is 21.6 Å². The Morgan fingerprint density at radius 1 is 1.29 bits per heavy atom. The van der Waals surface area contributed by atoms with Crippen LogP contribution in [-0.2, 0) is 13.1 Å². The van der Waals surface area contributed by atoms with Gasteiger partial charge in [0, 0.05) is 12.7 Å². The molecule has 0 saturated carbocycles. The number of hydrogen-bond donors (Lipinski definition) is 1. The fourth-order valence-corrected chi connectivity index (χ4v) is 2.72. The van der Waals surface area contributed by atoms with Crippen LogP contribution in [0, 0.1) is 0 Å². The summed E-state index contributed by atoms with van der Waals surface area (Å²) >= 11 is 1.72. The van der Waals surface area contributed by atoms with Gasteiger partial charge in [-0.2, -0.15) is 0 Å². The predicted molar refractivity (Wildman–Crippen MR) is 68.8 cm³/mol. The Bertz CT molecular complexity index is 608. The number of para-hydroxylation sites is 1. The van der Waals surface area contributed by atoms with Crippen molar-refractivity contribution < 1.29 is 0 Å². The van der Waals surface area contributed by atoms with E-state index in [1.165, 1.54) is 4.70 Å². The van der Waals surface area contributed by atoms with E-state index >= 15 is 0 Å². The van der Waals surface area contributed by atoms with E-state index in [9.17, 15) is 0 Å². The molecule has 2 aromatic heterocycles. The lowest BCUT2D eigenvalue weighted by atomic mass is 10.3. The van der Waals surface area contributed by atoms with Crippen LogP contribution in [0.2, 0.25) is 0 Å². The predicted octanol–water partition coefficient (Wildman–Crippen LogP) is 2.00. The van der Waals surface area contributed by atoms with Gasteiger partial charge >= 0.3 is 0 Å². The van der Waals surface area contributed by atoms with Crippen LogP contribution in [0.1, 0.15) is 10.7 Å². The first-order valence-corrected chi connectivity index (χ1v) is 6.22. The number of nitrogens with zero attached hydrogens (tertiary/aromatic N) is 3. The minimum Gasteiger partial charge on any atom is -0.330 e. The summed E-state index contributed by atoms with van der Waals surface area (Å²) in [6.45, 7) is 1.24. The lowest BCUT2D eigenvalue weighted by Crippen LogP contribution is -1.97. The van der Waals surface area contributed by atoms with Crippen molar-refractivity contribution in [1.29, 1.82) is 0 Å². The van der Waals surface area contributed by atoms with Gasteiger partial charge in [0.25, 0.3) is 0 Å². The highest BCUT2D eigenvalue weighted by Crippen LogP contribution is 2.22. The van der Waals surface area contributed by atoms with Gasteiger partial charge < -0.3 is 10.3 Å². The monoisotopic (exact) mass is 244 g/mol. The molecule has 5 heteroatoms. The van der Waals surface area contributed by atoms with Crippen molar-refractivity contribution in [2.24, 2.45) is 5.73 Å². The molecule has 86 valence electrons. The molecule has 3 rings (SSSR count). The third kappa shape index (κ3) is 2.07. The molecule has 0 bridgehead atoms. The van der Waals surface area contributed by atoms with Gasteiger partial charge in [-0.3, -0.25) is 0 Å². The maximum atomic E-state index is 5.53. The highest BCUT2D eigenvalue weighted by molar-refractivity contribution is 7.18. The Labute approximate surface area is 103 Å². The van der Waals surface area contributed by atoms with E-state index in [-0.39, 0.29) is 0 Å². The van der Waals surface area contributed by atoms with Crippen LogP contribution < -0.4 is 5.73 Å². The van der Waals surface area contributed by atoms with Gasteiger partial charge in [0.15, 0.2) is 0 Å². The van der Waals surface area contributed by atoms with Gasteiger partial charge in [0.1, 0.15) is 5.01 Å². The van der Waals surface area contributed by atoms with E-state index in [4.69, 9.17) is 5.73 Å². The summed E-state index contributed by atoms with van der Waals surface area (Å²) in [7, 11) is 0. The average Bonchev–Trinajstić information content (AvgIpc) is 2.94. The Balaban J connectivity index is 1.89. The van der Waals surface area contributed by atoms with Gasteiger partial charge in [-0.15, -0.1) is 11.3 Å². The Morgan fingerprint density at radius 2 is 2.18 bits per heavy atom. The quantitative estimate of drug-likeness (QED) is 0.766. The number of imidazole rings is 1. The van der Waals surface area contributed by atoms with Crippen LogP contribution in [0.3, 0.4) is 0 Å². The molecule has 0 radical (unpaired) electrons. The lowest BCUT2D eigenvalue weighted by molar-refractivity contribution is 0.791. The standard InChI is InChI=1S/C12H12N4S/c13-5-9-6-16(8-14-9)7-12-15-10-3-1-2-4-11(10)17-12/h1-4,6,8H,5,7,13H2. The third-order valence-corrected chi connectivity index (χ3v) is 3.57. The number of hydrogen-bond acceptors (Lipinski definition) is 4. The summed E-state index contributed by atoms with van der Waals surface area (Å²) in [5, 5.41) is 1.09. The van der Waals surface area contributed by atoms with E-state index in [2.05, 4.69) is 16.0 Å². The first-order chi connectivity index (χ1) is 8.35. The summed E-state index contributed by atoms with van der Waals surface area (Å²) in [6, 6.07) is 8.17. The SMILES string of the molecule is NCc1cn(Cc2nc3ccccc3s2)cn1. The zero-order valence-corrected chi connectivity index (χ0v) is 10.0. The van der Waals surface area contributed by atoms with Crippen LogP contribution in [0.25, 0.3) is 10.2 Å². The third-order valence-electron chi connectivity index (χ3n) is 2.55. The second-order valence-electron chi connectivity index (χ2n) is 3.82. The Morgan fingerprint density at radius 3 is 2.94 bits per heavy atom. The summed E-state index contributed by atoms with van der Waals surface area (Å²) in [4.78, 5) is 8.78. The van der Waals surface area contributed by atoms with E-state index in [1.54, 1.807) is 17.7 Å². The number of thiazole rings is 1. The number of nitrogens with two attached hydrogens (primary N) is 1. The molecule has 2 heterocycles. The highest BCUT2D eigenvalue weighted by Gasteiger charge is 2.04. The van der Waals surface area contributed by atoms with Crippen molar-refractivity contribution in [3.05, 3.63) is 47.5 Å². The normalized spacial score (nSPS) is 11.1. The van der Waals surface area contributed by atoms with Crippen LogP contribution in [0.5, 0.6) is 0 Å². The van der Waals surface area contributed by atoms with Crippen molar-refractivity contribution in [1.82, 2.24) is 14.5 Å². The van der Waals surface area contributed by atoms with Gasteiger partial charge in [0.05, 0.1) is 28.8 Å². The molecule has 0 unspecified atom stereocenters. The molecule has 4 nitrogen and oxygen atoms in total. The second kappa shape index (κ2) is 4.27. The number of fused-ring (bicyclic) bond motifs is 1. The highest BCUT2D eigenvalue weighted by atomic mass is 32.1. The van der Waals surface area contributed by atoms with Gasteiger partial charge in [-0.05, 0) is 12.1 Å². The van der Waals surface area contributed by atoms with Gasteiger partial charge in [-0.1, -0.05) is 12.1 Å². The number of benzene rings is 1. The molecule has 0 fully saturated rings. The van der Waals surface area contributed by atoms with E-state index in [1.807, 2.05) is 29.0 Å². The molecule has 3 aromatic rings. The summed E-state index contributed by atoms with van der Waals surface area (Å²) in [5.41, 5.74) is 7.50. The zero-order valence-electron chi connectivity index (χ0n) is 9.21. The molecule has 0 atom stereocenters. The van der Waals surface area contributed by atoms with E-state index < -0.39 is 0 Å². The Kier molecular flexibility index (Phi) is 2.62. The molecule has 2 N–H and O–H groups in total. The summed E-state index contributed by atoms with van der Waals surface area (Å²) in [5.74, 6) is 0. The smallest absolute Gasteiger partial charge is 0.114 e. The second-order valence-corrected chi connectivity index (χ2v) is 4.93. The molecule has 17 heavy (non-hydrogen) atoms. The summed E-state index contributed by atoms with van der Waals surface area (Å²) in [6.07, 6.45) is 3.76.